The predicted molar refractivity (Wildman–Crippen MR) is 107 cm³/mol. The van der Waals surface area contributed by atoms with Gasteiger partial charge in [0.05, 0.1) is 51.7 Å². The number of nitrogens with one attached hydrogen (secondary N) is 2. The summed E-state index contributed by atoms with van der Waals surface area (Å²) in [5, 5.41) is 7.37. The van der Waals surface area contributed by atoms with E-state index >= 15 is 0 Å². The van der Waals surface area contributed by atoms with Gasteiger partial charge in [-0.05, 0) is 11.1 Å². The predicted octanol–water partition coefficient (Wildman–Crippen LogP) is 2.71. The van der Waals surface area contributed by atoms with Crippen LogP contribution in [0.4, 0.5) is 0 Å². The molecule has 27 heavy (non-hydrogen) atoms. The number of benzene rings is 2. The van der Waals surface area contributed by atoms with Crippen LogP contribution < -0.4 is 10.6 Å². The van der Waals surface area contributed by atoms with Gasteiger partial charge in [-0.1, -0.05) is 60.7 Å². The van der Waals surface area contributed by atoms with Crippen LogP contribution in [0, 0.1) is 0 Å². The lowest BCUT2D eigenvalue weighted by Crippen LogP contribution is -2.38. The van der Waals surface area contributed by atoms with Crippen LogP contribution in [0.2, 0.25) is 0 Å². The highest BCUT2D eigenvalue weighted by Gasteiger charge is 2.24. The molecule has 0 aliphatic carbocycles. The van der Waals surface area contributed by atoms with Crippen molar-refractivity contribution in [1.29, 1.82) is 0 Å². The summed E-state index contributed by atoms with van der Waals surface area (Å²) in [5.41, 5.74) is 2.51. The Morgan fingerprint density at radius 2 is 0.889 bits per heavy atom. The van der Waals surface area contributed by atoms with E-state index in [2.05, 4.69) is 71.3 Å². The van der Waals surface area contributed by atoms with Crippen molar-refractivity contribution in [3.05, 3.63) is 71.8 Å². The lowest BCUT2D eigenvalue weighted by atomic mass is 9.93. The summed E-state index contributed by atoms with van der Waals surface area (Å²) in [6.45, 7) is 5.31. The van der Waals surface area contributed by atoms with E-state index in [0.717, 1.165) is 13.1 Å². The smallest absolute Gasteiger partial charge is 0.0701 e. The highest BCUT2D eigenvalue weighted by molar-refractivity contribution is 5.27. The molecule has 5 heteroatoms. The average Bonchev–Trinajstić information content (AvgIpc) is 2.74. The van der Waals surface area contributed by atoms with Gasteiger partial charge in [0.25, 0.3) is 0 Å². The van der Waals surface area contributed by atoms with Gasteiger partial charge in [0.1, 0.15) is 0 Å². The molecule has 0 unspecified atom stereocenters. The number of hydrogen-bond acceptors (Lipinski definition) is 5. The fourth-order valence-electron chi connectivity index (χ4n) is 3.29. The zero-order valence-electron chi connectivity index (χ0n) is 15.8. The van der Waals surface area contributed by atoms with Crippen LogP contribution in [0.1, 0.15) is 23.2 Å². The molecule has 1 heterocycles. The number of ether oxygens (including phenoxy) is 3. The van der Waals surface area contributed by atoms with Crippen LogP contribution in [0.25, 0.3) is 0 Å². The van der Waals surface area contributed by atoms with Crippen LogP contribution in [0.15, 0.2) is 60.7 Å². The minimum Gasteiger partial charge on any atom is -0.378 e. The maximum atomic E-state index is 5.69. The van der Waals surface area contributed by atoms with Crippen molar-refractivity contribution in [2.45, 2.75) is 12.1 Å². The lowest BCUT2D eigenvalue weighted by molar-refractivity contribution is 0.0163. The first-order chi connectivity index (χ1) is 13.4. The molecule has 5 nitrogen and oxygen atoms in total. The minimum absolute atomic E-state index is 0.138. The first kappa shape index (κ1) is 20.0. The summed E-state index contributed by atoms with van der Waals surface area (Å²) in [7, 11) is 0. The van der Waals surface area contributed by atoms with Crippen molar-refractivity contribution >= 4 is 0 Å². The minimum atomic E-state index is 0.138. The molecule has 146 valence electrons. The standard InChI is InChI=1S/C22H30N2O3/c1-3-7-19(8-4-1)21-22(20-9-5-2-6-10-20)24-12-14-26-16-18-27-17-15-25-13-11-23-21/h1-10,21-24H,11-18H2/t21-,22+. The molecule has 0 spiro atoms. The van der Waals surface area contributed by atoms with E-state index < -0.39 is 0 Å². The molecule has 1 aliphatic heterocycles. The van der Waals surface area contributed by atoms with Gasteiger partial charge >= 0.3 is 0 Å². The molecular formula is C22H30N2O3. The SMILES string of the molecule is c1ccc([C@H]2NCCOCCOCCOCCN[C@H]2c2ccccc2)cc1. The summed E-state index contributed by atoms with van der Waals surface area (Å²) in [4.78, 5) is 0. The zero-order valence-corrected chi connectivity index (χ0v) is 15.8. The van der Waals surface area contributed by atoms with E-state index in [0.29, 0.717) is 39.6 Å². The quantitative estimate of drug-likeness (QED) is 0.851. The molecule has 1 aliphatic rings. The van der Waals surface area contributed by atoms with Gasteiger partial charge in [0, 0.05) is 13.1 Å². The van der Waals surface area contributed by atoms with E-state index in [1.54, 1.807) is 0 Å². The van der Waals surface area contributed by atoms with Crippen molar-refractivity contribution < 1.29 is 14.2 Å². The molecule has 0 bridgehead atoms. The molecule has 1 saturated heterocycles. The van der Waals surface area contributed by atoms with E-state index in [-0.39, 0.29) is 12.1 Å². The fourth-order valence-corrected chi connectivity index (χ4v) is 3.29. The van der Waals surface area contributed by atoms with E-state index in [1.807, 2.05) is 0 Å². The fraction of sp³-hybridized carbons (Fsp3) is 0.455. The van der Waals surface area contributed by atoms with Crippen molar-refractivity contribution in [3.8, 4) is 0 Å². The summed E-state index contributed by atoms with van der Waals surface area (Å²) in [6, 6.07) is 21.4. The second-order valence-electron chi connectivity index (χ2n) is 6.52. The first-order valence-electron chi connectivity index (χ1n) is 9.75. The molecule has 0 amide bonds. The van der Waals surface area contributed by atoms with Crippen LogP contribution in [-0.4, -0.2) is 52.7 Å². The van der Waals surface area contributed by atoms with Gasteiger partial charge in [-0.2, -0.15) is 0 Å². The van der Waals surface area contributed by atoms with Crippen molar-refractivity contribution in [2.75, 3.05) is 52.7 Å². The number of hydrogen-bond donors (Lipinski definition) is 2. The van der Waals surface area contributed by atoms with E-state index in [1.165, 1.54) is 11.1 Å². The third kappa shape index (κ3) is 6.72. The Bertz CT molecular complexity index is 568. The second kappa shape index (κ2) is 11.8. The molecule has 0 aromatic heterocycles. The molecule has 1 fully saturated rings. The van der Waals surface area contributed by atoms with Crippen molar-refractivity contribution in [3.63, 3.8) is 0 Å². The molecule has 2 N–H and O–H groups in total. The third-order valence-electron chi connectivity index (χ3n) is 4.62. The summed E-state index contributed by atoms with van der Waals surface area (Å²) < 4.78 is 16.9. The van der Waals surface area contributed by atoms with Crippen molar-refractivity contribution in [2.24, 2.45) is 0 Å². The van der Waals surface area contributed by atoms with Crippen LogP contribution in [0.3, 0.4) is 0 Å². The van der Waals surface area contributed by atoms with E-state index in [4.69, 9.17) is 14.2 Å². The average molecular weight is 370 g/mol. The third-order valence-corrected chi connectivity index (χ3v) is 4.62. The first-order valence-corrected chi connectivity index (χ1v) is 9.75. The zero-order chi connectivity index (χ0) is 18.6. The van der Waals surface area contributed by atoms with Gasteiger partial charge < -0.3 is 24.8 Å². The molecule has 0 saturated carbocycles. The Kier molecular flexibility index (Phi) is 8.77. The Morgan fingerprint density at radius 3 is 1.30 bits per heavy atom. The summed E-state index contributed by atoms with van der Waals surface area (Å²) in [6.07, 6.45) is 0. The van der Waals surface area contributed by atoms with E-state index in [9.17, 15) is 0 Å². The maximum absolute atomic E-state index is 5.69. The topological polar surface area (TPSA) is 51.8 Å². The monoisotopic (exact) mass is 370 g/mol. The van der Waals surface area contributed by atoms with Gasteiger partial charge in [0.2, 0.25) is 0 Å². The van der Waals surface area contributed by atoms with Gasteiger partial charge in [-0.25, -0.2) is 0 Å². The Labute approximate surface area is 162 Å². The van der Waals surface area contributed by atoms with Crippen LogP contribution in [0.5, 0.6) is 0 Å². The van der Waals surface area contributed by atoms with Gasteiger partial charge in [-0.15, -0.1) is 0 Å². The molecular weight excluding hydrogens is 340 g/mol. The molecule has 3 rings (SSSR count). The Hall–Kier alpha value is -1.76. The maximum Gasteiger partial charge on any atom is 0.0701 e. The molecule has 2 aromatic carbocycles. The van der Waals surface area contributed by atoms with Gasteiger partial charge in [0.15, 0.2) is 0 Å². The normalized spacial score (nSPS) is 23.9. The number of rotatable bonds is 2. The Balaban J connectivity index is 1.79. The molecule has 0 radical (unpaired) electrons. The lowest BCUT2D eigenvalue weighted by Gasteiger charge is -2.30. The molecule has 2 aromatic rings. The molecule has 2 atom stereocenters. The summed E-state index contributed by atoms with van der Waals surface area (Å²) in [5.74, 6) is 0. The highest BCUT2D eigenvalue weighted by Crippen LogP contribution is 2.28. The Morgan fingerprint density at radius 1 is 0.519 bits per heavy atom. The van der Waals surface area contributed by atoms with Crippen molar-refractivity contribution in [1.82, 2.24) is 10.6 Å². The summed E-state index contributed by atoms with van der Waals surface area (Å²) >= 11 is 0. The largest absolute Gasteiger partial charge is 0.378 e. The van der Waals surface area contributed by atoms with Crippen LogP contribution in [-0.2, 0) is 14.2 Å². The van der Waals surface area contributed by atoms with Crippen LogP contribution >= 0.6 is 0 Å². The second-order valence-corrected chi connectivity index (χ2v) is 6.52. The van der Waals surface area contributed by atoms with Gasteiger partial charge in [-0.3, -0.25) is 0 Å². The highest BCUT2D eigenvalue weighted by atomic mass is 16.5.